The standard InChI is InChI=1S/C14H11F3N2S/c15-10-3-1-8(2-4-10)7-19-13-11(16)5-9(14(18)20)6-12(13)17/h1-6,19H,7H2,(H2,18,20). The van der Waals surface area contributed by atoms with Crippen molar-refractivity contribution in [1.82, 2.24) is 0 Å². The number of anilines is 1. The summed E-state index contributed by atoms with van der Waals surface area (Å²) in [6.45, 7) is 0.167. The fourth-order valence-corrected chi connectivity index (χ4v) is 1.79. The van der Waals surface area contributed by atoms with Crippen molar-refractivity contribution in [2.45, 2.75) is 6.54 Å². The molecule has 3 N–H and O–H groups in total. The van der Waals surface area contributed by atoms with Gasteiger partial charge in [0.25, 0.3) is 0 Å². The van der Waals surface area contributed by atoms with Crippen molar-refractivity contribution >= 4 is 22.9 Å². The van der Waals surface area contributed by atoms with E-state index in [1.165, 1.54) is 24.3 Å². The van der Waals surface area contributed by atoms with Gasteiger partial charge in [0.1, 0.15) is 28.1 Å². The van der Waals surface area contributed by atoms with Crippen LogP contribution in [-0.4, -0.2) is 4.99 Å². The Morgan fingerprint density at radius 2 is 1.60 bits per heavy atom. The van der Waals surface area contributed by atoms with Crippen LogP contribution in [-0.2, 0) is 6.54 Å². The van der Waals surface area contributed by atoms with Gasteiger partial charge in [-0.1, -0.05) is 24.4 Å². The highest BCUT2D eigenvalue weighted by molar-refractivity contribution is 7.80. The van der Waals surface area contributed by atoms with Crippen molar-refractivity contribution in [3.8, 4) is 0 Å². The molecule has 0 saturated heterocycles. The predicted octanol–water partition coefficient (Wildman–Crippen LogP) is 3.35. The smallest absolute Gasteiger partial charge is 0.150 e. The molecule has 20 heavy (non-hydrogen) atoms. The summed E-state index contributed by atoms with van der Waals surface area (Å²) in [5, 5.41) is 2.63. The van der Waals surface area contributed by atoms with E-state index >= 15 is 0 Å². The van der Waals surface area contributed by atoms with Gasteiger partial charge in [0, 0.05) is 12.1 Å². The van der Waals surface area contributed by atoms with Gasteiger partial charge in [0.2, 0.25) is 0 Å². The van der Waals surface area contributed by atoms with E-state index in [2.05, 4.69) is 17.5 Å². The third-order valence-electron chi connectivity index (χ3n) is 2.71. The van der Waals surface area contributed by atoms with E-state index in [-0.39, 0.29) is 28.6 Å². The average Bonchev–Trinajstić information content (AvgIpc) is 2.39. The number of benzene rings is 2. The average molecular weight is 296 g/mol. The fourth-order valence-electron chi connectivity index (χ4n) is 1.68. The minimum Gasteiger partial charge on any atom is -0.389 e. The molecular formula is C14H11F3N2S. The number of thiocarbonyl (C=S) groups is 1. The summed E-state index contributed by atoms with van der Waals surface area (Å²) >= 11 is 4.67. The number of hydrogen-bond acceptors (Lipinski definition) is 2. The molecule has 0 amide bonds. The van der Waals surface area contributed by atoms with E-state index in [1.54, 1.807) is 0 Å². The van der Waals surface area contributed by atoms with E-state index < -0.39 is 11.6 Å². The molecule has 0 spiro atoms. The molecule has 0 fully saturated rings. The number of rotatable bonds is 4. The summed E-state index contributed by atoms with van der Waals surface area (Å²) in [6.07, 6.45) is 0. The van der Waals surface area contributed by atoms with Gasteiger partial charge in [-0.15, -0.1) is 0 Å². The Kier molecular flexibility index (Phi) is 4.24. The third-order valence-corrected chi connectivity index (χ3v) is 2.94. The second-order valence-corrected chi connectivity index (χ2v) is 4.60. The van der Waals surface area contributed by atoms with Crippen LogP contribution in [0.3, 0.4) is 0 Å². The van der Waals surface area contributed by atoms with Gasteiger partial charge in [0.05, 0.1) is 0 Å². The van der Waals surface area contributed by atoms with Crippen LogP contribution in [0.15, 0.2) is 36.4 Å². The number of nitrogens with one attached hydrogen (secondary N) is 1. The highest BCUT2D eigenvalue weighted by atomic mass is 32.1. The van der Waals surface area contributed by atoms with Crippen LogP contribution in [0.4, 0.5) is 18.9 Å². The molecule has 0 radical (unpaired) electrons. The molecule has 0 aromatic heterocycles. The van der Waals surface area contributed by atoms with Crippen molar-refractivity contribution in [3.63, 3.8) is 0 Å². The molecule has 0 atom stereocenters. The molecule has 2 nitrogen and oxygen atoms in total. The first kappa shape index (κ1) is 14.3. The van der Waals surface area contributed by atoms with E-state index in [1.807, 2.05) is 0 Å². The lowest BCUT2D eigenvalue weighted by molar-refractivity contribution is 0.587. The largest absolute Gasteiger partial charge is 0.389 e. The molecule has 2 aromatic rings. The number of nitrogens with two attached hydrogens (primary N) is 1. The first-order chi connectivity index (χ1) is 9.47. The van der Waals surface area contributed by atoms with Gasteiger partial charge in [-0.3, -0.25) is 0 Å². The maximum atomic E-state index is 13.8. The number of halogens is 3. The second-order valence-electron chi connectivity index (χ2n) is 4.16. The van der Waals surface area contributed by atoms with Crippen LogP contribution >= 0.6 is 12.2 Å². The molecule has 0 saturated carbocycles. The van der Waals surface area contributed by atoms with Gasteiger partial charge in [0.15, 0.2) is 0 Å². The molecule has 6 heteroatoms. The SMILES string of the molecule is NC(=S)c1cc(F)c(NCc2ccc(F)cc2)c(F)c1. The van der Waals surface area contributed by atoms with Crippen molar-refractivity contribution in [2.24, 2.45) is 5.73 Å². The lowest BCUT2D eigenvalue weighted by Crippen LogP contribution is -2.12. The van der Waals surface area contributed by atoms with Crippen LogP contribution in [0.25, 0.3) is 0 Å². The van der Waals surface area contributed by atoms with Crippen LogP contribution in [0.2, 0.25) is 0 Å². The monoisotopic (exact) mass is 296 g/mol. The topological polar surface area (TPSA) is 38.0 Å². The minimum atomic E-state index is -0.782. The van der Waals surface area contributed by atoms with Gasteiger partial charge in [-0.25, -0.2) is 13.2 Å². The van der Waals surface area contributed by atoms with Crippen molar-refractivity contribution in [1.29, 1.82) is 0 Å². The Balaban J connectivity index is 2.17. The summed E-state index contributed by atoms with van der Waals surface area (Å²) < 4.78 is 40.3. The summed E-state index contributed by atoms with van der Waals surface area (Å²) in [6, 6.07) is 7.75. The maximum Gasteiger partial charge on any atom is 0.150 e. The van der Waals surface area contributed by atoms with Crippen molar-refractivity contribution < 1.29 is 13.2 Å². The number of hydrogen-bond donors (Lipinski definition) is 2. The zero-order valence-electron chi connectivity index (χ0n) is 10.3. The van der Waals surface area contributed by atoms with E-state index in [4.69, 9.17) is 5.73 Å². The van der Waals surface area contributed by atoms with Gasteiger partial charge >= 0.3 is 0 Å². The van der Waals surface area contributed by atoms with Crippen molar-refractivity contribution in [3.05, 3.63) is 65.0 Å². The van der Waals surface area contributed by atoms with Crippen LogP contribution in [0.5, 0.6) is 0 Å². The van der Waals surface area contributed by atoms with Crippen LogP contribution in [0.1, 0.15) is 11.1 Å². The first-order valence-corrected chi connectivity index (χ1v) is 6.15. The summed E-state index contributed by atoms with van der Waals surface area (Å²) in [5.74, 6) is -1.93. The first-order valence-electron chi connectivity index (χ1n) is 5.74. The van der Waals surface area contributed by atoms with Gasteiger partial charge < -0.3 is 11.1 Å². The Morgan fingerprint density at radius 1 is 1.05 bits per heavy atom. The summed E-state index contributed by atoms with van der Waals surface area (Å²) in [4.78, 5) is -0.0760. The van der Waals surface area contributed by atoms with E-state index in [0.29, 0.717) is 5.56 Å². The molecular weight excluding hydrogens is 285 g/mol. The summed E-state index contributed by atoms with van der Waals surface area (Å²) in [7, 11) is 0. The quantitative estimate of drug-likeness (QED) is 0.850. The van der Waals surface area contributed by atoms with Crippen LogP contribution in [0, 0.1) is 17.5 Å². The molecule has 0 aliphatic heterocycles. The van der Waals surface area contributed by atoms with Crippen molar-refractivity contribution in [2.75, 3.05) is 5.32 Å². The summed E-state index contributed by atoms with van der Waals surface area (Å²) in [5.41, 5.74) is 5.88. The molecule has 0 bridgehead atoms. The van der Waals surface area contributed by atoms with E-state index in [9.17, 15) is 13.2 Å². The highest BCUT2D eigenvalue weighted by Crippen LogP contribution is 2.21. The Morgan fingerprint density at radius 3 is 2.10 bits per heavy atom. The molecule has 0 aliphatic rings. The fraction of sp³-hybridized carbons (Fsp3) is 0.0714. The predicted molar refractivity (Wildman–Crippen MR) is 76.0 cm³/mol. The van der Waals surface area contributed by atoms with Gasteiger partial charge in [-0.05, 0) is 29.8 Å². The van der Waals surface area contributed by atoms with E-state index in [0.717, 1.165) is 12.1 Å². The zero-order valence-corrected chi connectivity index (χ0v) is 11.1. The van der Waals surface area contributed by atoms with Gasteiger partial charge in [-0.2, -0.15) is 0 Å². The maximum absolute atomic E-state index is 13.8. The Hall–Kier alpha value is -2.08. The molecule has 0 unspecified atom stereocenters. The Bertz CT molecular complexity index is 618. The molecule has 104 valence electrons. The molecule has 0 aliphatic carbocycles. The lowest BCUT2D eigenvalue weighted by atomic mass is 10.1. The lowest BCUT2D eigenvalue weighted by Gasteiger charge is -2.10. The Labute approximate surface area is 119 Å². The molecule has 0 heterocycles. The highest BCUT2D eigenvalue weighted by Gasteiger charge is 2.12. The minimum absolute atomic E-state index is 0.0760. The normalized spacial score (nSPS) is 10.3. The zero-order chi connectivity index (χ0) is 14.7. The molecule has 2 aromatic carbocycles. The third kappa shape index (κ3) is 3.27. The second kappa shape index (κ2) is 5.92. The van der Waals surface area contributed by atoms with Crippen LogP contribution < -0.4 is 11.1 Å². The molecule has 2 rings (SSSR count).